The predicted molar refractivity (Wildman–Crippen MR) is 69.7 cm³/mol. The van der Waals surface area contributed by atoms with Crippen molar-refractivity contribution in [3.63, 3.8) is 0 Å². The lowest BCUT2D eigenvalue weighted by atomic mass is 10.1. The van der Waals surface area contributed by atoms with Gasteiger partial charge in [0.1, 0.15) is 0 Å². The summed E-state index contributed by atoms with van der Waals surface area (Å²) < 4.78 is 5.28. The molecule has 0 spiro atoms. The van der Waals surface area contributed by atoms with Crippen LogP contribution in [-0.2, 0) is 11.2 Å². The lowest BCUT2D eigenvalue weighted by molar-refractivity contribution is 0.0285. The molecule has 0 aliphatic carbocycles. The van der Waals surface area contributed by atoms with Gasteiger partial charge in [0.25, 0.3) is 0 Å². The summed E-state index contributed by atoms with van der Waals surface area (Å²) in [6.07, 6.45) is 6.88. The molecule has 1 unspecified atom stereocenters. The molecule has 1 aliphatic heterocycles. The summed E-state index contributed by atoms with van der Waals surface area (Å²) in [5.41, 5.74) is 1.44. The lowest BCUT2D eigenvalue weighted by Crippen LogP contribution is -2.14. The molecule has 1 heteroatoms. The van der Waals surface area contributed by atoms with Crippen LogP contribution >= 0.6 is 0 Å². The molecule has 0 saturated carbocycles. The monoisotopic (exact) mass is 220 g/mol. The summed E-state index contributed by atoms with van der Waals surface area (Å²) in [5.74, 6) is 0. The lowest BCUT2D eigenvalue weighted by Gasteiger charge is -2.17. The van der Waals surface area contributed by atoms with E-state index in [1.165, 1.54) is 37.7 Å². The number of ether oxygens (including phenoxy) is 1. The molecule has 1 nitrogen and oxygen atoms in total. The molecule has 1 aromatic carbocycles. The number of aryl methyl sites for hydroxylation is 1. The highest BCUT2D eigenvalue weighted by atomic mass is 16.5. The second kappa shape index (κ2) is 8.35. The van der Waals surface area contributed by atoms with E-state index in [0.717, 1.165) is 6.61 Å². The van der Waals surface area contributed by atoms with Gasteiger partial charge in [-0.25, -0.2) is 0 Å². The smallest absolute Gasteiger partial charge is 0.0547 e. The molecule has 0 N–H and O–H groups in total. The first-order chi connectivity index (χ1) is 7.83. The van der Waals surface area contributed by atoms with Crippen LogP contribution in [0.4, 0.5) is 0 Å². The Labute approximate surface area is 99.8 Å². The van der Waals surface area contributed by atoms with Crippen molar-refractivity contribution < 1.29 is 4.74 Å². The molecule has 16 heavy (non-hydrogen) atoms. The quantitative estimate of drug-likeness (QED) is 0.725. The van der Waals surface area contributed by atoms with E-state index in [4.69, 9.17) is 4.74 Å². The molecule has 90 valence electrons. The zero-order valence-electron chi connectivity index (χ0n) is 10.6. The van der Waals surface area contributed by atoms with Gasteiger partial charge in [-0.15, -0.1) is 0 Å². The fourth-order valence-electron chi connectivity index (χ4n) is 1.84. The van der Waals surface area contributed by atoms with Gasteiger partial charge in [-0.05, 0) is 38.2 Å². The molecule has 0 amide bonds. The van der Waals surface area contributed by atoms with Gasteiger partial charge in [0, 0.05) is 6.61 Å². The van der Waals surface area contributed by atoms with Gasteiger partial charge in [0.15, 0.2) is 0 Å². The fourth-order valence-corrected chi connectivity index (χ4v) is 1.84. The van der Waals surface area contributed by atoms with E-state index >= 15 is 0 Å². The Balaban J connectivity index is 0.000000165. The van der Waals surface area contributed by atoms with Crippen LogP contribution in [0.3, 0.4) is 0 Å². The van der Waals surface area contributed by atoms with Crippen LogP contribution in [0.5, 0.6) is 0 Å². The second-order valence-electron chi connectivity index (χ2n) is 4.41. The molecular weight excluding hydrogens is 196 g/mol. The van der Waals surface area contributed by atoms with Crippen molar-refractivity contribution in [2.45, 2.75) is 52.1 Å². The van der Waals surface area contributed by atoms with Crippen molar-refractivity contribution in [1.82, 2.24) is 0 Å². The van der Waals surface area contributed by atoms with Crippen LogP contribution in [-0.4, -0.2) is 12.7 Å². The molecule has 1 atom stereocenters. The van der Waals surface area contributed by atoms with E-state index in [0.29, 0.717) is 6.10 Å². The minimum Gasteiger partial charge on any atom is -0.379 e. The van der Waals surface area contributed by atoms with Crippen molar-refractivity contribution >= 4 is 0 Å². The van der Waals surface area contributed by atoms with E-state index in [-0.39, 0.29) is 0 Å². The van der Waals surface area contributed by atoms with Gasteiger partial charge in [-0.1, -0.05) is 43.7 Å². The van der Waals surface area contributed by atoms with Crippen LogP contribution in [0.1, 0.15) is 45.1 Å². The number of rotatable bonds is 2. The van der Waals surface area contributed by atoms with E-state index in [9.17, 15) is 0 Å². The zero-order chi connectivity index (χ0) is 11.6. The average Bonchev–Trinajstić information content (AvgIpc) is 2.33. The molecule has 2 rings (SSSR count). The molecule has 1 saturated heterocycles. The topological polar surface area (TPSA) is 9.23 Å². The molecule has 0 radical (unpaired) electrons. The van der Waals surface area contributed by atoms with Crippen LogP contribution in [0, 0.1) is 0 Å². The van der Waals surface area contributed by atoms with Crippen LogP contribution in [0.25, 0.3) is 0 Å². The van der Waals surface area contributed by atoms with Gasteiger partial charge < -0.3 is 4.74 Å². The fraction of sp³-hybridized carbons (Fsp3) is 0.600. The van der Waals surface area contributed by atoms with Crippen molar-refractivity contribution in [3.05, 3.63) is 35.9 Å². The van der Waals surface area contributed by atoms with E-state index in [1.54, 1.807) is 0 Å². The van der Waals surface area contributed by atoms with Crippen molar-refractivity contribution in [1.29, 1.82) is 0 Å². The number of benzene rings is 1. The van der Waals surface area contributed by atoms with Gasteiger partial charge in [-0.3, -0.25) is 0 Å². The van der Waals surface area contributed by atoms with Crippen molar-refractivity contribution in [2.75, 3.05) is 6.61 Å². The Morgan fingerprint density at radius 1 is 1.19 bits per heavy atom. The van der Waals surface area contributed by atoms with Gasteiger partial charge in [0.2, 0.25) is 0 Å². The highest BCUT2D eigenvalue weighted by Gasteiger charge is 2.05. The average molecular weight is 220 g/mol. The van der Waals surface area contributed by atoms with E-state index in [1.807, 2.05) is 0 Å². The van der Waals surface area contributed by atoms with Crippen LogP contribution < -0.4 is 0 Å². The minimum absolute atomic E-state index is 0.536. The second-order valence-corrected chi connectivity index (χ2v) is 4.41. The first kappa shape index (κ1) is 13.2. The maximum Gasteiger partial charge on any atom is 0.0547 e. The third kappa shape index (κ3) is 5.92. The molecule has 1 aromatic rings. The Morgan fingerprint density at radius 3 is 2.38 bits per heavy atom. The summed E-state index contributed by atoms with van der Waals surface area (Å²) in [7, 11) is 0. The Kier molecular flexibility index (Phi) is 6.91. The summed E-state index contributed by atoms with van der Waals surface area (Å²) in [5, 5.41) is 0. The normalized spacial score (nSPS) is 19.8. The van der Waals surface area contributed by atoms with Crippen LogP contribution in [0.15, 0.2) is 30.3 Å². The van der Waals surface area contributed by atoms with E-state index in [2.05, 4.69) is 44.2 Å². The Hall–Kier alpha value is -0.820. The van der Waals surface area contributed by atoms with Gasteiger partial charge in [-0.2, -0.15) is 0 Å². The van der Waals surface area contributed by atoms with E-state index < -0.39 is 0 Å². The molecular formula is C15H24O. The third-order valence-corrected chi connectivity index (χ3v) is 2.79. The highest BCUT2D eigenvalue weighted by Crippen LogP contribution is 2.10. The molecule has 0 bridgehead atoms. The summed E-state index contributed by atoms with van der Waals surface area (Å²) >= 11 is 0. The maximum absolute atomic E-state index is 5.28. The van der Waals surface area contributed by atoms with Gasteiger partial charge in [0.05, 0.1) is 6.10 Å². The third-order valence-electron chi connectivity index (χ3n) is 2.79. The first-order valence-electron chi connectivity index (χ1n) is 6.48. The number of hydrogen-bond donors (Lipinski definition) is 0. The molecule has 1 aliphatic rings. The standard InChI is InChI=1S/C9H12.C6H12O/c1-2-6-9-7-4-3-5-8-9;1-6-4-2-3-5-7-6/h3-5,7-8H,2,6H2,1H3;6H,2-5H2,1H3. The molecule has 0 aromatic heterocycles. The van der Waals surface area contributed by atoms with Crippen molar-refractivity contribution in [3.8, 4) is 0 Å². The Morgan fingerprint density at radius 2 is 1.94 bits per heavy atom. The molecule has 1 fully saturated rings. The largest absolute Gasteiger partial charge is 0.379 e. The first-order valence-corrected chi connectivity index (χ1v) is 6.48. The molecule has 1 heterocycles. The summed E-state index contributed by atoms with van der Waals surface area (Å²) in [4.78, 5) is 0. The van der Waals surface area contributed by atoms with Gasteiger partial charge >= 0.3 is 0 Å². The predicted octanol–water partition coefficient (Wildman–Crippen LogP) is 4.21. The Bertz CT molecular complexity index is 249. The summed E-state index contributed by atoms with van der Waals surface area (Å²) in [6, 6.07) is 10.6. The number of hydrogen-bond acceptors (Lipinski definition) is 1. The SMILES string of the molecule is CC1CCCCO1.CCCc1ccccc1. The zero-order valence-corrected chi connectivity index (χ0v) is 10.6. The summed E-state index contributed by atoms with van der Waals surface area (Å²) in [6.45, 7) is 5.33. The maximum atomic E-state index is 5.28. The van der Waals surface area contributed by atoms with Crippen LogP contribution in [0.2, 0.25) is 0 Å². The van der Waals surface area contributed by atoms with Crippen molar-refractivity contribution in [2.24, 2.45) is 0 Å². The minimum atomic E-state index is 0.536. The highest BCUT2D eigenvalue weighted by molar-refractivity contribution is 5.14.